The van der Waals surface area contributed by atoms with Crippen LogP contribution in [0.5, 0.6) is 0 Å². The molecule has 0 amide bonds. The Morgan fingerprint density at radius 1 is 1.14 bits per heavy atom. The van der Waals surface area contributed by atoms with Crippen molar-refractivity contribution in [2.45, 2.75) is 45.4 Å². The number of hydrogen-bond acceptors (Lipinski definition) is 1. The standard InChI is InChI=1S/C12H16O2/c1-2-3-4-5-6-7-8-9-10-11-12(13)14/h2-4,9-11H2,1H3,(H,13,14). The first-order valence-corrected chi connectivity index (χ1v) is 4.95. The van der Waals surface area contributed by atoms with Crippen LogP contribution in [0.1, 0.15) is 45.4 Å². The molecule has 14 heavy (non-hydrogen) atoms. The van der Waals surface area contributed by atoms with Crippen LogP contribution in [0.15, 0.2) is 0 Å². The molecule has 0 saturated carbocycles. The summed E-state index contributed by atoms with van der Waals surface area (Å²) in [5.41, 5.74) is 0. The van der Waals surface area contributed by atoms with Crippen LogP contribution in [0.4, 0.5) is 0 Å². The normalized spacial score (nSPS) is 8.07. The van der Waals surface area contributed by atoms with Crippen LogP contribution in [0, 0.1) is 23.7 Å². The largest absolute Gasteiger partial charge is 0.481 e. The lowest BCUT2D eigenvalue weighted by molar-refractivity contribution is -0.137. The maximum Gasteiger partial charge on any atom is 0.303 e. The van der Waals surface area contributed by atoms with Gasteiger partial charge in [0.05, 0.1) is 0 Å². The minimum atomic E-state index is -0.763. The molecule has 76 valence electrons. The molecule has 2 heteroatoms. The highest BCUT2D eigenvalue weighted by molar-refractivity contribution is 5.66. The van der Waals surface area contributed by atoms with E-state index < -0.39 is 5.97 Å². The van der Waals surface area contributed by atoms with Gasteiger partial charge in [-0.25, -0.2) is 0 Å². The summed E-state index contributed by atoms with van der Waals surface area (Å²) < 4.78 is 0. The van der Waals surface area contributed by atoms with Crippen LogP contribution in [-0.4, -0.2) is 11.1 Å². The van der Waals surface area contributed by atoms with Gasteiger partial charge >= 0.3 is 5.97 Å². The Bertz CT molecular complexity index is 270. The lowest BCUT2D eigenvalue weighted by atomic mass is 10.2. The van der Waals surface area contributed by atoms with Crippen LogP contribution in [0.2, 0.25) is 0 Å². The fourth-order valence-electron chi connectivity index (χ4n) is 0.807. The third kappa shape index (κ3) is 10.6. The van der Waals surface area contributed by atoms with E-state index in [0.717, 1.165) is 19.3 Å². The minimum Gasteiger partial charge on any atom is -0.481 e. The number of hydrogen-bond donors (Lipinski definition) is 1. The monoisotopic (exact) mass is 192 g/mol. The number of rotatable bonds is 5. The summed E-state index contributed by atoms with van der Waals surface area (Å²) >= 11 is 0. The van der Waals surface area contributed by atoms with E-state index in [-0.39, 0.29) is 6.42 Å². The summed E-state index contributed by atoms with van der Waals surface area (Å²) in [5.74, 6) is 10.5. The van der Waals surface area contributed by atoms with Gasteiger partial charge < -0.3 is 5.11 Å². The molecule has 0 fully saturated rings. The van der Waals surface area contributed by atoms with E-state index in [9.17, 15) is 4.79 Å². The maximum absolute atomic E-state index is 10.1. The third-order valence-electron chi connectivity index (χ3n) is 1.59. The second-order valence-electron chi connectivity index (χ2n) is 2.95. The fourth-order valence-corrected chi connectivity index (χ4v) is 0.807. The summed E-state index contributed by atoms with van der Waals surface area (Å²) in [7, 11) is 0. The zero-order valence-corrected chi connectivity index (χ0v) is 8.60. The Balaban J connectivity index is 3.41. The smallest absolute Gasteiger partial charge is 0.303 e. The molecule has 0 rings (SSSR count). The average molecular weight is 192 g/mol. The van der Waals surface area contributed by atoms with Crippen molar-refractivity contribution in [3.8, 4) is 23.7 Å². The highest BCUT2D eigenvalue weighted by Gasteiger charge is 1.92. The second-order valence-corrected chi connectivity index (χ2v) is 2.95. The van der Waals surface area contributed by atoms with Crippen LogP contribution in [0.25, 0.3) is 0 Å². The van der Waals surface area contributed by atoms with Crippen LogP contribution in [0.3, 0.4) is 0 Å². The number of carboxylic acids is 1. The predicted octanol–water partition coefficient (Wildman–Crippen LogP) is 2.44. The molecule has 0 heterocycles. The van der Waals surface area contributed by atoms with Gasteiger partial charge in [0.15, 0.2) is 0 Å². The van der Waals surface area contributed by atoms with E-state index in [1.165, 1.54) is 0 Å². The van der Waals surface area contributed by atoms with Gasteiger partial charge in [-0.2, -0.15) is 0 Å². The van der Waals surface area contributed by atoms with Gasteiger partial charge in [0.25, 0.3) is 0 Å². The van der Waals surface area contributed by atoms with Gasteiger partial charge in [0.2, 0.25) is 0 Å². The van der Waals surface area contributed by atoms with Crippen molar-refractivity contribution in [1.82, 2.24) is 0 Å². The van der Waals surface area contributed by atoms with E-state index >= 15 is 0 Å². The van der Waals surface area contributed by atoms with Crippen molar-refractivity contribution in [2.75, 3.05) is 0 Å². The quantitative estimate of drug-likeness (QED) is 0.536. The van der Waals surface area contributed by atoms with E-state index in [1.807, 2.05) is 0 Å². The molecule has 2 nitrogen and oxygen atoms in total. The zero-order valence-electron chi connectivity index (χ0n) is 8.60. The topological polar surface area (TPSA) is 37.3 Å². The Kier molecular flexibility index (Phi) is 8.70. The first-order valence-electron chi connectivity index (χ1n) is 4.95. The molecule has 0 radical (unpaired) electrons. The number of unbranched alkanes of at least 4 members (excludes halogenated alkanes) is 3. The Morgan fingerprint density at radius 3 is 2.21 bits per heavy atom. The van der Waals surface area contributed by atoms with Crippen molar-refractivity contribution in [3.63, 3.8) is 0 Å². The van der Waals surface area contributed by atoms with E-state index in [4.69, 9.17) is 5.11 Å². The van der Waals surface area contributed by atoms with Crippen molar-refractivity contribution in [1.29, 1.82) is 0 Å². The number of aliphatic carboxylic acids is 1. The predicted molar refractivity (Wildman–Crippen MR) is 56.6 cm³/mol. The van der Waals surface area contributed by atoms with E-state index in [0.29, 0.717) is 12.8 Å². The van der Waals surface area contributed by atoms with Crippen molar-refractivity contribution in [2.24, 2.45) is 0 Å². The number of carboxylic acid groups (broad SMARTS) is 1. The van der Waals surface area contributed by atoms with Crippen LogP contribution < -0.4 is 0 Å². The highest BCUT2D eigenvalue weighted by Crippen LogP contribution is 1.92. The molecule has 0 saturated heterocycles. The van der Waals surface area contributed by atoms with Crippen LogP contribution >= 0.6 is 0 Å². The summed E-state index contributed by atoms with van der Waals surface area (Å²) in [6.07, 6.45) is 4.60. The molecule has 0 bridgehead atoms. The molecule has 1 N–H and O–H groups in total. The van der Waals surface area contributed by atoms with Gasteiger partial charge in [0.1, 0.15) is 0 Å². The van der Waals surface area contributed by atoms with Gasteiger partial charge in [-0.15, -0.1) is 0 Å². The molecule has 0 aliphatic heterocycles. The molecule has 0 aromatic heterocycles. The minimum absolute atomic E-state index is 0.192. The van der Waals surface area contributed by atoms with E-state index in [1.54, 1.807) is 0 Å². The lowest BCUT2D eigenvalue weighted by Gasteiger charge is -1.86. The molecule has 0 atom stereocenters. The summed E-state index contributed by atoms with van der Waals surface area (Å²) in [6.45, 7) is 2.12. The molecular formula is C12H16O2. The van der Waals surface area contributed by atoms with Gasteiger partial charge in [0, 0.05) is 19.3 Å². The molecule has 0 spiro atoms. The Hall–Kier alpha value is -1.41. The SMILES string of the molecule is CCCCC#CC#CCCCC(=O)O. The maximum atomic E-state index is 10.1. The first-order chi connectivity index (χ1) is 6.77. The first kappa shape index (κ1) is 12.6. The third-order valence-corrected chi connectivity index (χ3v) is 1.59. The van der Waals surface area contributed by atoms with Gasteiger partial charge in [-0.3, -0.25) is 4.79 Å². The zero-order chi connectivity index (χ0) is 10.6. The Morgan fingerprint density at radius 2 is 1.71 bits per heavy atom. The van der Waals surface area contributed by atoms with Crippen molar-refractivity contribution in [3.05, 3.63) is 0 Å². The summed E-state index contributed by atoms with van der Waals surface area (Å²) in [4.78, 5) is 10.1. The molecule has 0 unspecified atom stereocenters. The second kappa shape index (κ2) is 9.68. The van der Waals surface area contributed by atoms with Crippen molar-refractivity contribution >= 4 is 5.97 Å². The summed E-state index contributed by atoms with van der Waals surface area (Å²) in [5, 5.41) is 8.34. The Labute approximate surface area is 85.7 Å². The van der Waals surface area contributed by atoms with E-state index in [2.05, 4.69) is 30.6 Å². The van der Waals surface area contributed by atoms with Gasteiger partial charge in [-0.1, -0.05) is 25.2 Å². The molecule has 0 aliphatic carbocycles. The molecule has 0 aliphatic rings. The van der Waals surface area contributed by atoms with Crippen molar-refractivity contribution < 1.29 is 9.90 Å². The van der Waals surface area contributed by atoms with Gasteiger partial charge in [-0.05, 0) is 24.7 Å². The molecule has 0 aromatic rings. The highest BCUT2D eigenvalue weighted by atomic mass is 16.4. The number of carbonyl (C=O) groups is 1. The fraction of sp³-hybridized carbons (Fsp3) is 0.583. The average Bonchev–Trinajstić information content (AvgIpc) is 2.15. The molecule has 0 aromatic carbocycles. The lowest BCUT2D eigenvalue weighted by Crippen LogP contribution is -1.92. The van der Waals surface area contributed by atoms with Crippen LogP contribution in [-0.2, 0) is 4.79 Å². The summed E-state index contributed by atoms with van der Waals surface area (Å²) in [6, 6.07) is 0. The molecular weight excluding hydrogens is 176 g/mol.